The molecule has 0 amide bonds. The van der Waals surface area contributed by atoms with Crippen molar-refractivity contribution in [3.05, 3.63) is 23.2 Å². The van der Waals surface area contributed by atoms with E-state index in [4.69, 9.17) is 9.52 Å². The van der Waals surface area contributed by atoms with E-state index < -0.39 is 5.97 Å². The van der Waals surface area contributed by atoms with Gasteiger partial charge in [-0.1, -0.05) is 20.8 Å². The molecule has 0 saturated carbocycles. The van der Waals surface area contributed by atoms with Gasteiger partial charge in [-0.15, -0.1) is 0 Å². The molecule has 96 valence electrons. The molecule has 1 aromatic heterocycles. The van der Waals surface area contributed by atoms with Crippen LogP contribution in [0, 0.1) is 18.8 Å². The van der Waals surface area contributed by atoms with Crippen LogP contribution in [0.2, 0.25) is 0 Å². The molecule has 17 heavy (non-hydrogen) atoms. The second kappa shape index (κ2) is 5.87. The molecule has 1 aromatic rings. The zero-order valence-electron chi connectivity index (χ0n) is 10.9. The van der Waals surface area contributed by atoms with Crippen molar-refractivity contribution >= 4 is 5.97 Å². The number of aromatic carboxylic acids is 1. The Morgan fingerprint density at radius 1 is 1.47 bits per heavy atom. The first-order valence-electron chi connectivity index (χ1n) is 5.95. The lowest BCUT2D eigenvalue weighted by Gasteiger charge is -2.15. The summed E-state index contributed by atoms with van der Waals surface area (Å²) in [4.78, 5) is 10.8. The topological polar surface area (TPSA) is 62.5 Å². The molecule has 0 aliphatic carbocycles. The number of furan rings is 1. The van der Waals surface area contributed by atoms with E-state index in [1.54, 1.807) is 13.0 Å². The van der Waals surface area contributed by atoms with Crippen molar-refractivity contribution in [3.8, 4) is 0 Å². The average molecular weight is 239 g/mol. The van der Waals surface area contributed by atoms with Crippen LogP contribution in [0.1, 0.15) is 42.6 Å². The highest BCUT2D eigenvalue weighted by Gasteiger charge is 2.14. The number of aryl methyl sites for hydroxylation is 1. The molecule has 1 unspecified atom stereocenters. The Hall–Kier alpha value is -1.29. The fourth-order valence-corrected chi connectivity index (χ4v) is 1.51. The number of carboxylic acids is 1. The third kappa shape index (κ3) is 3.89. The van der Waals surface area contributed by atoms with Crippen LogP contribution < -0.4 is 5.32 Å². The highest BCUT2D eigenvalue weighted by atomic mass is 16.4. The van der Waals surface area contributed by atoms with E-state index in [1.165, 1.54) is 0 Å². The molecular formula is C13H21NO3. The van der Waals surface area contributed by atoms with Crippen molar-refractivity contribution in [3.63, 3.8) is 0 Å². The first-order chi connectivity index (χ1) is 7.91. The van der Waals surface area contributed by atoms with Crippen molar-refractivity contribution in [1.29, 1.82) is 0 Å². The Kier molecular flexibility index (Phi) is 4.75. The maximum Gasteiger partial charge on any atom is 0.372 e. The first kappa shape index (κ1) is 13.8. The van der Waals surface area contributed by atoms with Crippen LogP contribution in [0.25, 0.3) is 0 Å². The lowest BCUT2D eigenvalue weighted by Crippen LogP contribution is -2.23. The van der Waals surface area contributed by atoms with Crippen LogP contribution in [-0.4, -0.2) is 17.6 Å². The smallest absolute Gasteiger partial charge is 0.372 e. The van der Waals surface area contributed by atoms with Crippen LogP contribution in [0.5, 0.6) is 0 Å². The molecule has 2 N–H and O–H groups in total. The second-order valence-corrected chi connectivity index (χ2v) is 4.88. The van der Waals surface area contributed by atoms with Crippen LogP contribution in [0.4, 0.5) is 0 Å². The summed E-state index contributed by atoms with van der Waals surface area (Å²) in [6.45, 7) is 9.78. The van der Waals surface area contributed by atoms with Crippen molar-refractivity contribution in [1.82, 2.24) is 5.32 Å². The monoisotopic (exact) mass is 239 g/mol. The Morgan fingerprint density at radius 2 is 2.12 bits per heavy atom. The van der Waals surface area contributed by atoms with E-state index in [2.05, 4.69) is 26.1 Å². The third-order valence-corrected chi connectivity index (χ3v) is 3.07. The van der Waals surface area contributed by atoms with Gasteiger partial charge < -0.3 is 14.8 Å². The summed E-state index contributed by atoms with van der Waals surface area (Å²) in [7, 11) is 0. The van der Waals surface area contributed by atoms with E-state index in [0.717, 1.165) is 6.54 Å². The van der Waals surface area contributed by atoms with Crippen LogP contribution >= 0.6 is 0 Å². The Balaban J connectivity index is 2.48. The second-order valence-electron chi connectivity index (χ2n) is 4.88. The van der Waals surface area contributed by atoms with Gasteiger partial charge in [-0.2, -0.15) is 0 Å². The molecule has 0 aliphatic heterocycles. The molecule has 1 rings (SSSR count). The number of rotatable bonds is 6. The number of hydrogen-bond acceptors (Lipinski definition) is 3. The highest BCUT2D eigenvalue weighted by molar-refractivity contribution is 5.86. The van der Waals surface area contributed by atoms with Gasteiger partial charge in [0.15, 0.2) is 0 Å². The van der Waals surface area contributed by atoms with Gasteiger partial charge in [0, 0.05) is 5.56 Å². The van der Waals surface area contributed by atoms with Gasteiger partial charge in [-0.05, 0) is 31.4 Å². The molecule has 0 aliphatic rings. The van der Waals surface area contributed by atoms with Gasteiger partial charge in [0.1, 0.15) is 5.76 Å². The number of hydrogen-bond donors (Lipinski definition) is 2. The van der Waals surface area contributed by atoms with E-state index in [0.29, 0.717) is 29.7 Å². The Bertz CT molecular complexity index is 382. The van der Waals surface area contributed by atoms with E-state index in [9.17, 15) is 4.79 Å². The zero-order chi connectivity index (χ0) is 13.0. The minimum Gasteiger partial charge on any atom is -0.475 e. The van der Waals surface area contributed by atoms with Gasteiger partial charge in [-0.3, -0.25) is 0 Å². The van der Waals surface area contributed by atoms with E-state index in [-0.39, 0.29) is 5.76 Å². The van der Waals surface area contributed by atoms with Gasteiger partial charge in [0.25, 0.3) is 0 Å². The molecule has 4 nitrogen and oxygen atoms in total. The molecule has 0 fully saturated rings. The fraction of sp³-hybridized carbons (Fsp3) is 0.615. The molecular weight excluding hydrogens is 218 g/mol. The number of nitrogens with one attached hydrogen (secondary N) is 1. The normalized spacial score (nSPS) is 13.0. The third-order valence-electron chi connectivity index (χ3n) is 3.07. The fourth-order valence-electron chi connectivity index (χ4n) is 1.51. The van der Waals surface area contributed by atoms with E-state index >= 15 is 0 Å². The van der Waals surface area contributed by atoms with Crippen molar-refractivity contribution in [2.75, 3.05) is 6.54 Å². The predicted octanol–water partition coefficient (Wildman–Crippen LogP) is 2.67. The van der Waals surface area contributed by atoms with Crippen LogP contribution in [-0.2, 0) is 6.54 Å². The zero-order valence-corrected chi connectivity index (χ0v) is 10.9. The number of carboxylic acid groups (broad SMARTS) is 1. The summed E-state index contributed by atoms with van der Waals surface area (Å²) in [6.07, 6.45) is 0. The van der Waals surface area contributed by atoms with Gasteiger partial charge >= 0.3 is 5.97 Å². The molecule has 0 aromatic carbocycles. The highest BCUT2D eigenvalue weighted by Crippen LogP contribution is 2.15. The molecule has 1 atom stereocenters. The maximum atomic E-state index is 10.8. The summed E-state index contributed by atoms with van der Waals surface area (Å²) in [5.74, 6) is 0.930. The van der Waals surface area contributed by atoms with Crippen molar-refractivity contribution in [2.24, 2.45) is 11.8 Å². The lowest BCUT2D eigenvalue weighted by atomic mass is 9.98. The Morgan fingerprint density at radius 3 is 2.59 bits per heavy atom. The summed E-state index contributed by atoms with van der Waals surface area (Å²) < 4.78 is 5.26. The van der Waals surface area contributed by atoms with Gasteiger partial charge in [0.2, 0.25) is 5.76 Å². The van der Waals surface area contributed by atoms with Crippen molar-refractivity contribution < 1.29 is 14.3 Å². The van der Waals surface area contributed by atoms with Gasteiger partial charge in [0.05, 0.1) is 6.54 Å². The molecule has 0 bridgehead atoms. The summed E-state index contributed by atoms with van der Waals surface area (Å²) in [5.41, 5.74) is 0.672. The first-order valence-corrected chi connectivity index (χ1v) is 5.95. The minimum absolute atomic E-state index is 0.0405. The van der Waals surface area contributed by atoms with E-state index in [1.807, 2.05) is 0 Å². The molecule has 4 heteroatoms. The van der Waals surface area contributed by atoms with Crippen LogP contribution in [0.15, 0.2) is 10.5 Å². The SMILES string of the molecule is Cc1cc(CNCC(C)C(C)C)oc1C(=O)O. The quantitative estimate of drug-likeness (QED) is 0.801. The molecule has 1 heterocycles. The predicted molar refractivity (Wildman–Crippen MR) is 66.1 cm³/mol. The van der Waals surface area contributed by atoms with Gasteiger partial charge in [-0.25, -0.2) is 4.79 Å². The largest absolute Gasteiger partial charge is 0.475 e. The average Bonchev–Trinajstić information content (AvgIpc) is 2.59. The molecule has 0 radical (unpaired) electrons. The molecule has 0 spiro atoms. The summed E-state index contributed by atoms with van der Waals surface area (Å²) in [5, 5.41) is 12.1. The van der Waals surface area contributed by atoms with Crippen LogP contribution in [0.3, 0.4) is 0 Å². The summed E-state index contributed by atoms with van der Waals surface area (Å²) >= 11 is 0. The Labute approximate surface area is 102 Å². The van der Waals surface area contributed by atoms with Crippen molar-refractivity contribution in [2.45, 2.75) is 34.2 Å². The standard InChI is InChI=1S/C13H21NO3/c1-8(2)10(4)6-14-7-11-5-9(3)12(17-11)13(15)16/h5,8,10,14H,6-7H2,1-4H3,(H,15,16). The number of carbonyl (C=O) groups is 1. The lowest BCUT2D eigenvalue weighted by molar-refractivity contribution is 0.0659. The maximum absolute atomic E-state index is 10.8. The minimum atomic E-state index is -1.01. The summed E-state index contributed by atoms with van der Waals surface area (Å²) in [6, 6.07) is 1.77. The molecule has 0 saturated heterocycles.